The van der Waals surface area contributed by atoms with E-state index >= 15 is 0 Å². The van der Waals surface area contributed by atoms with Crippen LogP contribution >= 0.6 is 0 Å². The Labute approximate surface area is 159 Å². The molecule has 0 spiro atoms. The first-order valence-corrected chi connectivity index (χ1v) is 8.66. The molecule has 1 atom stereocenters. The summed E-state index contributed by atoms with van der Waals surface area (Å²) in [6, 6.07) is 15.2. The average molecular weight is 365 g/mol. The number of anilines is 1. The molecule has 0 aromatic heterocycles. The summed E-state index contributed by atoms with van der Waals surface area (Å²) >= 11 is 0. The highest BCUT2D eigenvalue weighted by Crippen LogP contribution is 2.14. The van der Waals surface area contributed by atoms with E-state index in [1.165, 1.54) is 0 Å². The first-order valence-electron chi connectivity index (χ1n) is 8.66. The molecule has 2 rings (SSSR count). The van der Waals surface area contributed by atoms with Crippen LogP contribution in [0.4, 0.5) is 5.69 Å². The van der Waals surface area contributed by atoms with E-state index in [9.17, 15) is 9.59 Å². The highest BCUT2D eigenvalue weighted by atomic mass is 16.5. The van der Waals surface area contributed by atoms with E-state index < -0.39 is 6.04 Å². The maximum atomic E-state index is 12.6. The van der Waals surface area contributed by atoms with Crippen LogP contribution in [0.5, 0.6) is 5.75 Å². The molecule has 0 fully saturated rings. The van der Waals surface area contributed by atoms with Crippen molar-refractivity contribution in [3.63, 3.8) is 0 Å². The molecule has 6 heteroatoms. The lowest BCUT2D eigenvalue weighted by Crippen LogP contribution is -2.47. The van der Waals surface area contributed by atoms with Crippen LogP contribution in [0.2, 0.25) is 0 Å². The van der Waals surface area contributed by atoms with Gasteiger partial charge in [0, 0.05) is 11.3 Å². The summed E-state index contributed by atoms with van der Waals surface area (Å²) in [6.07, 6.45) is 0.320. The fraction of sp³-hybridized carbons (Fsp3) is 0.286. The second-order valence-electron chi connectivity index (χ2n) is 6.44. The number of benzene rings is 2. The van der Waals surface area contributed by atoms with Gasteiger partial charge >= 0.3 is 0 Å². The molecule has 0 bridgehead atoms. The molecule has 0 aliphatic rings. The third-order valence-corrected chi connectivity index (χ3v) is 4.09. The van der Waals surface area contributed by atoms with Crippen LogP contribution < -0.4 is 15.4 Å². The van der Waals surface area contributed by atoms with Gasteiger partial charge in [-0.3, -0.25) is 9.59 Å². The quantitative estimate of drug-likeness (QED) is 0.788. The van der Waals surface area contributed by atoms with Crippen LogP contribution in [0, 0.1) is 17.2 Å². The molecule has 0 saturated carbocycles. The molecule has 2 aromatic carbocycles. The van der Waals surface area contributed by atoms with Gasteiger partial charge in [-0.2, -0.15) is 5.26 Å². The Morgan fingerprint density at radius 1 is 1.07 bits per heavy atom. The summed E-state index contributed by atoms with van der Waals surface area (Å²) in [5, 5.41) is 14.3. The standard InChI is InChI=1S/C21H23N3O3/c1-14(2)19(24-20(25)16-6-10-18(27-3)11-7-16)21(26)23-17-8-4-15(5-9-17)12-13-22/h4-11,14,19H,12H2,1-3H3,(H,23,26)(H,24,25)/t19-/m0/s1. The van der Waals surface area contributed by atoms with Gasteiger partial charge in [-0.15, -0.1) is 0 Å². The van der Waals surface area contributed by atoms with Gasteiger partial charge < -0.3 is 15.4 Å². The highest BCUT2D eigenvalue weighted by Gasteiger charge is 2.24. The first kappa shape index (κ1) is 20.0. The van der Waals surface area contributed by atoms with Gasteiger partial charge in [0.15, 0.2) is 0 Å². The van der Waals surface area contributed by atoms with E-state index in [1.807, 2.05) is 13.8 Å². The summed E-state index contributed by atoms with van der Waals surface area (Å²) in [5.41, 5.74) is 1.95. The summed E-state index contributed by atoms with van der Waals surface area (Å²) in [6.45, 7) is 3.74. The van der Waals surface area contributed by atoms with Crippen molar-refractivity contribution in [2.45, 2.75) is 26.3 Å². The minimum absolute atomic E-state index is 0.0925. The largest absolute Gasteiger partial charge is 0.497 e. The number of nitriles is 1. The van der Waals surface area contributed by atoms with Crippen LogP contribution in [0.3, 0.4) is 0 Å². The number of nitrogens with zero attached hydrogens (tertiary/aromatic N) is 1. The molecule has 140 valence electrons. The summed E-state index contributed by atoms with van der Waals surface area (Å²) in [5.74, 6) is -0.0506. The summed E-state index contributed by atoms with van der Waals surface area (Å²) in [4.78, 5) is 25.1. The van der Waals surface area contributed by atoms with E-state index in [-0.39, 0.29) is 17.7 Å². The molecular formula is C21H23N3O3. The first-order chi connectivity index (χ1) is 12.9. The number of ether oxygens (including phenoxy) is 1. The molecule has 0 unspecified atom stereocenters. The number of hydrogen-bond donors (Lipinski definition) is 2. The Kier molecular flexibility index (Phi) is 6.95. The Morgan fingerprint density at radius 2 is 1.70 bits per heavy atom. The predicted molar refractivity (Wildman–Crippen MR) is 103 cm³/mol. The maximum absolute atomic E-state index is 12.6. The Balaban J connectivity index is 2.05. The fourth-order valence-corrected chi connectivity index (χ4v) is 2.52. The van der Waals surface area contributed by atoms with Crippen LogP contribution in [-0.4, -0.2) is 25.0 Å². The molecule has 27 heavy (non-hydrogen) atoms. The minimum Gasteiger partial charge on any atom is -0.497 e. The number of nitrogens with one attached hydrogen (secondary N) is 2. The van der Waals surface area contributed by atoms with Gasteiger partial charge in [0.2, 0.25) is 5.91 Å². The zero-order valence-corrected chi connectivity index (χ0v) is 15.7. The van der Waals surface area contributed by atoms with Gasteiger partial charge in [0.05, 0.1) is 19.6 Å². The smallest absolute Gasteiger partial charge is 0.251 e. The van der Waals surface area contributed by atoms with Gasteiger partial charge in [0.1, 0.15) is 11.8 Å². The SMILES string of the molecule is COc1ccc(C(=O)N[C@H](C(=O)Nc2ccc(CC#N)cc2)C(C)C)cc1. The summed E-state index contributed by atoms with van der Waals surface area (Å²) < 4.78 is 5.08. The Morgan fingerprint density at radius 3 is 2.22 bits per heavy atom. The van der Waals surface area contributed by atoms with Crippen molar-refractivity contribution in [1.29, 1.82) is 5.26 Å². The minimum atomic E-state index is -0.682. The van der Waals surface area contributed by atoms with Crippen molar-refractivity contribution in [3.05, 3.63) is 59.7 Å². The Hall–Kier alpha value is -3.33. The molecule has 2 aromatic rings. The second kappa shape index (κ2) is 9.39. The van der Waals surface area contributed by atoms with E-state index in [2.05, 4.69) is 16.7 Å². The van der Waals surface area contributed by atoms with E-state index in [4.69, 9.17) is 10.00 Å². The van der Waals surface area contributed by atoms with Gasteiger partial charge in [-0.1, -0.05) is 26.0 Å². The number of hydrogen-bond acceptors (Lipinski definition) is 4. The second-order valence-corrected chi connectivity index (χ2v) is 6.44. The number of rotatable bonds is 7. The van der Waals surface area contributed by atoms with Crippen molar-refractivity contribution in [3.8, 4) is 11.8 Å². The normalized spacial score (nSPS) is 11.4. The van der Waals surface area contributed by atoms with E-state index in [0.29, 0.717) is 23.4 Å². The zero-order chi connectivity index (χ0) is 19.8. The molecule has 6 nitrogen and oxygen atoms in total. The zero-order valence-electron chi connectivity index (χ0n) is 15.7. The highest BCUT2D eigenvalue weighted by molar-refractivity contribution is 6.01. The monoisotopic (exact) mass is 365 g/mol. The van der Waals surface area contributed by atoms with Crippen molar-refractivity contribution < 1.29 is 14.3 Å². The topological polar surface area (TPSA) is 91.2 Å². The van der Waals surface area contributed by atoms with Crippen LogP contribution in [0.15, 0.2) is 48.5 Å². The lowest BCUT2D eigenvalue weighted by atomic mass is 10.0. The van der Waals surface area contributed by atoms with Crippen molar-refractivity contribution in [1.82, 2.24) is 5.32 Å². The molecule has 0 aliphatic carbocycles. The number of carbonyl (C=O) groups is 2. The molecule has 2 N–H and O–H groups in total. The third-order valence-electron chi connectivity index (χ3n) is 4.09. The average Bonchev–Trinajstić information content (AvgIpc) is 2.67. The van der Waals surface area contributed by atoms with Gasteiger partial charge in [-0.25, -0.2) is 0 Å². The van der Waals surface area contributed by atoms with Crippen molar-refractivity contribution in [2.24, 2.45) is 5.92 Å². The molecule has 0 aliphatic heterocycles. The predicted octanol–water partition coefficient (Wildman–Crippen LogP) is 3.15. The van der Waals surface area contributed by atoms with E-state index in [0.717, 1.165) is 5.56 Å². The van der Waals surface area contributed by atoms with Gasteiger partial charge in [-0.05, 0) is 47.9 Å². The lowest BCUT2D eigenvalue weighted by molar-refractivity contribution is -0.118. The molecule has 0 heterocycles. The summed E-state index contributed by atoms with van der Waals surface area (Å²) in [7, 11) is 1.56. The maximum Gasteiger partial charge on any atom is 0.251 e. The molecule has 0 radical (unpaired) electrons. The third kappa shape index (κ3) is 5.58. The van der Waals surface area contributed by atoms with Crippen molar-refractivity contribution in [2.75, 3.05) is 12.4 Å². The molecule has 0 saturated heterocycles. The number of carbonyl (C=O) groups excluding carboxylic acids is 2. The van der Waals surface area contributed by atoms with Crippen LogP contribution in [0.1, 0.15) is 29.8 Å². The van der Waals surface area contributed by atoms with Gasteiger partial charge in [0.25, 0.3) is 5.91 Å². The number of methoxy groups -OCH3 is 1. The fourth-order valence-electron chi connectivity index (χ4n) is 2.52. The van der Waals surface area contributed by atoms with E-state index in [1.54, 1.807) is 55.6 Å². The lowest BCUT2D eigenvalue weighted by Gasteiger charge is -2.22. The van der Waals surface area contributed by atoms with Crippen LogP contribution in [0.25, 0.3) is 0 Å². The molecule has 2 amide bonds. The van der Waals surface area contributed by atoms with Crippen LogP contribution in [-0.2, 0) is 11.2 Å². The molecular weight excluding hydrogens is 342 g/mol. The Bertz CT molecular complexity index is 821. The number of amides is 2. The van der Waals surface area contributed by atoms with Crippen molar-refractivity contribution >= 4 is 17.5 Å².